The van der Waals surface area contributed by atoms with Crippen LogP contribution in [0.1, 0.15) is 40.0 Å². The molecule has 1 aliphatic rings. The van der Waals surface area contributed by atoms with Crippen LogP contribution >= 0.6 is 0 Å². The number of carboxylic acids is 1. The summed E-state index contributed by atoms with van der Waals surface area (Å²) in [4.78, 5) is 13.2. The van der Waals surface area contributed by atoms with E-state index in [1.165, 1.54) is 6.42 Å². The molecule has 3 unspecified atom stereocenters. The van der Waals surface area contributed by atoms with E-state index in [1.54, 1.807) is 0 Å². The van der Waals surface area contributed by atoms with Crippen molar-refractivity contribution in [2.75, 3.05) is 19.7 Å². The quantitative estimate of drug-likeness (QED) is 0.775. The number of rotatable bonds is 6. The molecule has 1 saturated heterocycles. The Morgan fingerprint density at radius 2 is 2.18 bits per heavy atom. The van der Waals surface area contributed by atoms with Crippen molar-refractivity contribution in [2.24, 2.45) is 5.92 Å². The lowest BCUT2D eigenvalue weighted by Crippen LogP contribution is -2.50. The molecule has 0 aliphatic carbocycles. The summed E-state index contributed by atoms with van der Waals surface area (Å²) in [6, 6.07) is 0.496. The van der Waals surface area contributed by atoms with E-state index in [0.717, 1.165) is 19.4 Å². The molecule has 0 aromatic rings. The summed E-state index contributed by atoms with van der Waals surface area (Å²) < 4.78 is 5.25. The molecule has 0 saturated carbocycles. The number of carbonyl (C=O) groups is 1. The van der Waals surface area contributed by atoms with Gasteiger partial charge in [-0.15, -0.1) is 0 Å². The van der Waals surface area contributed by atoms with Crippen molar-refractivity contribution in [1.29, 1.82) is 0 Å². The average molecular weight is 243 g/mol. The van der Waals surface area contributed by atoms with E-state index in [1.807, 2.05) is 0 Å². The van der Waals surface area contributed by atoms with E-state index in [-0.39, 0.29) is 0 Å². The van der Waals surface area contributed by atoms with Crippen LogP contribution in [0.3, 0.4) is 0 Å². The van der Waals surface area contributed by atoms with Crippen LogP contribution in [0.5, 0.6) is 0 Å². The third-order valence-corrected chi connectivity index (χ3v) is 3.73. The minimum atomic E-state index is -0.840. The average Bonchev–Trinajstić information content (AvgIpc) is 2.35. The fraction of sp³-hybridized carbons (Fsp3) is 0.923. The van der Waals surface area contributed by atoms with Gasteiger partial charge in [-0.25, -0.2) is 4.79 Å². The van der Waals surface area contributed by atoms with Crippen LogP contribution in [0.25, 0.3) is 0 Å². The summed E-state index contributed by atoms with van der Waals surface area (Å²) in [5.74, 6) is -0.140. The first-order valence-corrected chi connectivity index (χ1v) is 6.66. The fourth-order valence-corrected chi connectivity index (χ4v) is 2.36. The molecular weight excluding hydrogens is 218 g/mol. The number of hydrogen-bond acceptors (Lipinski definition) is 3. The molecule has 1 aliphatic heterocycles. The SMILES string of the molecule is CCC(C)CC(CC)N1CCOC(C(=O)O)C1. The molecule has 3 atom stereocenters. The van der Waals surface area contributed by atoms with E-state index < -0.39 is 12.1 Å². The number of carboxylic acid groups (broad SMARTS) is 1. The Labute approximate surface area is 104 Å². The Hall–Kier alpha value is -0.610. The molecule has 1 fully saturated rings. The molecule has 1 N–H and O–H groups in total. The van der Waals surface area contributed by atoms with E-state index in [0.29, 0.717) is 25.1 Å². The van der Waals surface area contributed by atoms with Crippen molar-refractivity contribution in [3.63, 3.8) is 0 Å². The molecule has 1 rings (SSSR count). The molecule has 4 nitrogen and oxygen atoms in total. The molecule has 0 bridgehead atoms. The van der Waals surface area contributed by atoms with Crippen molar-refractivity contribution in [3.05, 3.63) is 0 Å². The second kappa shape index (κ2) is 6.97. The summed E-state index contributed by atoms with van der Waals surface area (Å²) in [6.45, 7) is 8.57. The first-order valence-electron chi connectivity index (χ1n) is 6.66. The predicted octanol–water partition coefficient (Wildman–Crippen LogP) is 1.99. The van der Waals surface area contributed by atoms with Crippen molar-refractivity contribution in [2.45, 2.75) is 52.2 Å². The summed E-state index contributed by atoms with van der Waals surface area (Å²) >= 11 is 0. The third-order valence-electron chi connectivity index (χ3n) is 3.73. The summed E-state index contributed by atoms with van der Waals surface area (Å²) in [7, 11) is 0. The van der Waals surface area contributed by atoms with Gasteiger partial charge in [-0.2, -0.15) is 0 Å². The van der Waals surface area contributed by atoms with Gasteiger partial charge < -0.3 is 9.84 Å². The topological polar surface area (TPSA) is 49.8 Å². The number of hydrogen-bond donors (Lipinski definition) is 1. The number of nitrogens with zero attached hydrogens (tertiary/aromatic N) is 1. The van der Waals surface area contributed by atoms with Gasteiger partial charge in [0, 0.05) is 19.1 Å². The molecule has 1 heterocycles. The minimum Gasteiger partial charge on any atom is -0.479 e. The Kier molecular flexibility index (Phi) is 5.92. The van der Waals surface area contributed by atoms with Gasteiger partial charge in [0.15, 0.2) is 6.10 Å². The van der Waals surface area contributed by atoms with Crippen molar-refractivity contribution >= 4 is 5.97 Å². The van der Waals surface area contributed by atoms with Gasteiger partial charge in [-0.1, -0.05) is 27.2 Å². The molecule has 0 aromatic heterocycles. The Bertz CT molecular complexity index is 245. The van der Waals surface area contributed by atoms with Crippen LogP contribution in [0, 0.1) is 5.92 Å². The van der Waals surface area contributed by atoms with Crippen LogP contribution in [0.4, 0.5) is 0 Å². The molecule has 0 amide bonds. The molecule has 4 heteroatoms. The van der Waals surface area contributed by atoms with Crippen LogP contribution in [0.15, 0.2) is 0 Å². The predicted molar refractivity (Wildman–Crippen MR) is 67.1 cm³/mol. The highest BCUT2D eigenvalue weighted by Gasteiger charge is 2.29. The van der Waals surface area contributed by atoms with Crippen molar-refractivity contribution in [3.8, 4) is 0 Å². The maximum absolute atomic E-state index is 10.9. The zero-order chi connectivity index (χ0) is 12.8. The van der Waals surface area contributed by atoms with E-state index in [2.05, 4.69) is 25.7 Å². The highest BCUT2D eigenvalue weighted by Crippen LogP contribution is 2.20. The van der Waals surface area contributed by atoms with Crippen molar-refractivity contribution < 1.29 is 14.6 Å². The smallest absolute Gasteiger partial charge is 0.334 e. The molecule has 100 valence electrons. The van der Waals surface area contributed by atoms with Gasteiger partial charge in [-0.05, 0) is 18.8 Å². The van der Waals surface area contributed by atoms with Gasteiger partial charge in [0.2, 0.25) is 0 Å². The summed E-state index contributed by atoms with van der Waals surface area (Å²) in [6.07, 6.45) is 2.77. The zero-order valence-corrected chi connectivity index (χ0v) is 11.2. The molecule has 17 heavy (non-hydrogen) atoms. The second-order valence-corrected chi connectivity index (χ2v) is 5.00. The van der Waals surface area contributed by atoms with Gasteiger partial charge in [0.25, 0.3) is 0 Å². The first kappa shape index (κ1) is 14.5. The molecule has 0 radical (unpaired) electrons. The van der Waals surface area contributed by atoms with E-state index >= 15 is 0 Å². The minimum absolute atomic E-state index is 0.496. The third kappa shape index (κ3) is 4.28. The van der Waals surface area contributed by atoms with Crippen LogP contribution in [0.2, 0.25) is 0 Å². The Morgan fingerprint density at radius 1 is 1.47 bits per heavy atom. The second-order valence-electron chi connectivity index (χ2n) is 5.00. The maximum atomic E-state index is 10.9. The Balaban J connectivity index is 2.53. The van der Waals surface area contributed by atoms with Gasteiger partial charge in [0.1, 0.15) is 0 Å². The van der Waals surface area contributed by atoms with Crippen LogP contribution < -0.4 is 0 Å². The lowest BCUT2D eigenvalue weighted by atomic mass is 9.96. The maximum Gasteiger partial charge on any atom is 0.334 e. The lowest BCUT2D eigenvalue weighted by Gasteiger charge is -2.37. The fourth-order valence-electron chi connectivity index (χ4n) is 2.36. The van der Waals surface area contributed by atoms with Gasteiger partial charge in [-0.3, -0.25) is 4.90 Å². The number of morpholine rings is 1. The Morgan fingerprint density at radius 3 is 2.71 bits per heavy atom. The molecule has 0 aromatic carbocycles. The van der Waals surface area contributed by atoms with Crippen molar-refractivity contribution in [1.82, 2.24) is 4.90 Å². The van der Waals surface area contributed by atoms with Gasteiger partial charge >= 0.3 is 5.97 Å². The molecule has 0 spiro atoms. The monoisotopic (exact) mass is 243 g/mol. The summed E-state index contributed by atoms with van der Waals surface area (Å²) in [5.41, 5.74) is 0. The van der Waals surface area contributed by atoms with E-state index in [9.17, 15) is 4.79 Å². The lowest BCUT2D eigenvalue weighted by molar-refractivity contribution is -0.157. The van der Waals surface area contributed by atoms with Gasteiger partial charge in [0.05, 0.1) is 6.61 Å². The first-order chi connectivity index (χ1) is 8.08. The summed E-state index contributed by atoms with van der Waals surface area (Å²) in [5, 5.41) is 8.99. The number of ether oxygens (including phenoxy) is 1. The molecular formula is C13H25NO3. The van der Waals surface area contributed by atoms with Crippen LogP contribution in [-0.2, 0) is 9.53 Å². The highest BCUT2D eigenvalue weighted by molar-refractivity contribution is 5.72. The zero-order valence-electron chi connectivity index (χ0n) is 11.2. The highest BCUT2D eigenvalue weighted by atomic mass is 16.5. The largest absolute Gasteiger partial charge is 0.479 e. The number of aliphatic carboxylic acids is 1. The van der Waals surface area contributed by atoms with E-state index in [4.69, 9.17) is 9.84 Å². The van der Waals surface area contributed by atoms with Crippen LogP contribution in [-0.4, -0.2) is 47.8 Å². The normalized spacial score (nSPS) is 25.5. The standard InChI is InChI=1S/C13H25NO3/c1-4-10(3)8-11(5-2)14-6-7-17-12(9-14)13(15)16/h10-12H,4-9H2,1-3H3,(H,15,16).